The molecule has 1 amide bonds. The standard InChI is InChI=1S/C25H22IN3O2S/c1-3-15(2)17-9-12-22-21(14-17)28-24(31-22)18-5-4-6-20(13-18)27-25(32)29-23(30)16-7-10-19(26)11-8-16/h4-15H,3H2,1-2H3,(H2,27,29,30,32)/t15-/m1/s1. The van der Waals surface area contributed by atoms with Gasteiger partial charge in [-0.05, 0) is 107 Å². The van der Waals surface area contributed by atoms with Gasteiger partial charge >= 0.3 is 0 Å². The average molecular weight is 555 g/mol. The number of benzene rings is 3. The molecular weight excluding hydrogens is 533 g/mol. The van der Waals surface area contributed by atoms with Crippen LogP contribution in [0.15, 0.2) is 71.1 Å². The lowest BCUT2D eigenvalue weighted by molar-refractivity contribution is 0.0977. The first-order valence-corrected chi connectivity index (χ1v) is 11.8. The molecule has 1 heterocycles. The highest BCUT2D eigenvalue weighted by Gasteiger charge is 2.12. The number of rotatable bonds is 5. The van der Waals surface area contributed by atoms with Crippen molar-refractivity contribution in [2.75, 3.05) is 5.32 Å². The first-order valence-electron chi connectivity index (χ1n) is 10.3. The SMILES string of the molecule is CC[C@@H](C)c1ccc2oc(-c3cccc(NC(=S)NC(=O)c4ccc(I)cc4)c3)nc2c1. The van der Waals surface area contributed by atoms with Gasteiger partial charge in [0.25, 0.3) is 5.91 Å². The summed E-state index contributed by atoms with van der Waals surface area (Å²) < 4.78 is 7.03. The van der Waals surface area contributed by atoms with E-state index in [4.69, 9.17) is 16.6 Å². The number of halogens is 1. The molecule has 0 aliphatic heterocycles. The van der Waals surface area contributed by atoms with Crippen molar-refractivity contribution in [2.45, 2.75) is 26.2 Å². The number of nitrogens with zero attached hydrogens (tertiary/aromatic N) is 1. The summed E-state index contributed by atoms with van der Waals surface area (Å²) in [5.41, 5.74) is 4.96. The third kappa shape index (κ3) is 5.16. The summed E-state index contributed by atoms with van der Waals surface area (Å²) in [5, 5.41) is 5.99. The molecule has 0 aliphatic rings. The molecule has 0 saturated carbocycles. The van der Waals surface area contributed by atoms with E-state index in [2.05, 4.69) is 64.2 Å². The van der Waals surface area contributed by atoms with Crippen molar-refractivity contribution in [3.05, 3.63) is 81.4 Å². The summed E-state index contributed by atoms with van der Waals surface area (Å²) in [6.45, 7) is 4.38. The number of hydrogen-bond donors (Lipinski definition) is 2. The molecule has 2 N–H and O–H groups in total. The number of aromatic nitrogens is 1. The highest BCUT2D eigenvalue weighted by molar-refractivity contribution is 14.1. The van der Waals surface area contributed by atoms with Gasteiger partial charge in [0, 0.05) is 20.4 Å². The topological polar surface area (TPSA) is 67.2 Å². The number of nitrogens with one attached hydrogen (secondary N) is 2. The summed E-state index contributed by atoms with van der Waals surface area (Å²) >= 11 is 7.51. The number of anilines is 1. The highest BCUT2D eigenvalue weighted by Crippen LogP contribution is 2.29. The molecule has 32 heavy (non-hydrogen) atoms. The molecule has 1 atom stereocenters. The van der Waals surface area contributed by atoms with Crippen LogP contribution in [-0.2, 0) is 0 Å². The molecule has 0 fully saturated rings. The molecule has 0 spiro atoms. The average Bonchev–Trinajstić information content (AvgIpc) is 3.22. The van der Waals surface area contributed by atoms with Crippen LogP contribution in [0.3, 0.4) is 0 Å². The number of oxazole rings is 1. The predicted octanol–water partition coefficient (Wildman–Crippen LogP) is 6.74. The summed E-state index contributed by atoms with van der Waals surface area (Å²) in [6, 6.07) is 21.0. The van der Waals surface area contributed by atoms with Crippen LogP contribution in [-0.4, -0.2) is 16.0 Å². The Hall–Kier alpha value is -2.78. The fraction of sp³-hybridized carbons (Fsp3) is 0.160. The molecular formula is C25H22IN3O2S. The first kappa shape index (κ1) is 22.4. The van der Waals surface area contributed by atoms with Crippen molar-refractivity contribution < 1.29 is 9.21 Å². The van der Waals surface area contributed by atoms with Crippen molar-refractivity contribution in [2.24, 2.45) is 0 Å². The number of carbonyl (C=O) groups excluding carboxylic acids is 1. The second-order valence-corrected chi connectivity index (χ2v) is 9.21. The molecule has 5 nitrogen and oxygen atoms in total. The molecule has 1 aromatic heterocycles. The molecule has 4 aromatic rings. The van der Waals surface area contributed by atoms with Gasteiger partial charge in [-0.1, -0.05) is 26.0 Å². The number of hydrogen-bond acceptors (Lipinski definition) is 4. The van der Waals surface area contributed by atoms with Gasteiger partial charge in [0.05, 0.1) is 0 Å². The molecule has 0 saturated heterocycles. The van der Waals surface area contributed by atoms with Crippen LogP contribution in [0.4, 0.5) is 5.69 Å². The van der Waals surface area contributed by atoms with Gasteiger partial charge in [0.1, 0.15) is 5.52 Å². The van der Waals surface area contributed by atoms with Crippen molar-refractivity contribution in [1.82, 2.24) is 10.3 Å². The smallest absolute Gasteiger partial charge is 0.257 e. The normalized spacial score (nSPS) is 11.8. The minimum Gasteiger partial charge on any atom is -0.436 e. The zero-order chi connectivity index (χ0) is 22.7. The van der Waals surface area contributed by atoms with E-state index in [1.807, 2.05) is 42.5 Å². The highest BCUT2D eigenvalue weighted by atomic mass is 127. The van der Waals surface area contributed by atoms with E-state index in [1.54, 1.807) is 12.1 Å². The maximum atomic E-state index is 12.4. The van der Waals surface area contributed by atoms with E-state index in [-0.39, 0.29) is 11.0 Å². The van der Waals surface area contributed by atoms with Crippen LogP contribution in [0.25, 0.3) is 22.6 Å². The Morgan fingerprint density at radius 2 is 1.91 bits per heavy atom. The van der Waals surface area contributed by atoms with Crippen molar-refractivity contribution >= 4 is 62.6 Å². The largest absolute Gasteiger partial charge is 0.436 e. The Kier molecular flexibility index (Phi) is 6.86. The van der Waals surface area contributed by atoms with Crippen molar-refractivity contribution in [1.29, 1.82) is 0 Å². The summed E-state index contributed by atoms with van der Waals surface area (Å²) in [4.78, 5) is 17.1. The number of carbonyl (C=O) groups is 1. The van der Waals surface area contributed by atoms with E-state index >= 15 is 0 Å². The second-order valence-electron chi connectivity index (χ2n) is 7.55. The summed E-state index contributed by atoms with van der Waals surface area (Å²) in [7, 11) is 0. The Morgan fingerprint density at radius 1 is 1.12 bits per heavy atom. The van der Waals surface area contributed by atoms with Gasteiger partial charge in [-0.3, -0.25) is 10.1 Å². The van der Waals surface area contributed by atoms with Crippen LogP contribution >= 0.6 is 34.8 Å². The zero-order valence-electron chi connectivity index (χ0n) is 17.7. The Morgan fingerprint density at radius 3 is 2.66 bits per heavy atom. The lowest BCUT2D eigenvalue weighted by Gasteiger charge is -2.10. The fourth-order valence-corrected chi connectivity index (χ4v) is 3.85. The lowest BCUT2D eigenvalue weighted by atomic mass is 9.98. The Bertz CT molecular complexity index is 1280. The maximum Gasteiger partial charge on any atom is 0.257 e. The maximum absolute atomic E-state index is 12.4. The van der Waals surface area contributed by atoms with E-state index in [9.17, 15) is 4.79 Å². The first-order chi connectivity index (χ1) is 15.4. The van der Waals surface area contributed by atoms with Crippen LogP contribution in [0.1, 0.15) is 42.1 Å². The number of fused-ring (bicyclic) bond motifs is 1. The molecule has 0 radical (unpaired) electrons. The quantitative estimate of drug-likeness (QED) is 0.211. The molecule has 0 bridgehead atoms. The molecule has 0 unspecified atom stereocenters. The monoisotopic (exact) mass is 555 g/mol. The van der Waals surface area contributed by atoms with Crippen LogP contribution in [0, 0.1) is 3.57 Å². The lowest BCUT2D eigenvalue weighted by Crippen LogP contribution is -2.34. The Balaban J connectivity index is 1.49. The number of thiocarbonyl (C=S) groups is 1. The van der Waals surface area contributed by atoms with Crippen LogP contribution < -0.4 is 10.6 Å². The predicted molar refractivity (Wildman–Crippen MR) is 141 cm³/mol. The van der Waals surface area contributed by atoms with E-state index < -0.39 is 0 Å². The van der Waals surface area contributed by atoms with Gasteiger partial charge in [0.2, 0.25) is 5.89 Å². The third-order valence-corrected chi connectivity index (χ3v) is 6.22. The zero-order valence-corrected chi connectivity index (χ0v) is 20.7. The molecule has 162 valence electrons. The van der Waals surface area contributed by atoms with Crippen molar-refractivity contribution in [3.8, 4) is 11.5 Å². The molecule has 7 heteroatoms. The summed E-state index contributed by atoms with van der Waals surface area (Å²) in [5.74, 6) is 0.757. The van der Waals surface area contributed by atoms with Crippen molar-refractivity contribution in [3.63, 3.8) is 0 Å². The number of amides is 1. The van der Waals surface area contributed by atoms with Gasteiger partial charge in [-0.15, -0.1) is 0 Å². The van der Waals surface area contributed by atoms with Gasteiger partial charge in [0.15, 0.2) is 10.7 Å². The van der Waals surface area contributed by atoms with Crippen LogP contribution in [0.5, 0.6) is 0 Å². The molecule has 3 aromatic carbocycles. The second kappa shape index (κ2) is 9.79. The van der Waals surface area contributed by atoms with E-state index in [0.29, 0.717) is 17.4 Å². The minimum atomic E-state index is -0.258. The van der Waals surface area contributed by atoms with Gasteiger partial charge in [-0.25, -0.2) is 4.98 Å². The van der Waals surface area contributed by atoms with E-state index in [0.717, 1.165) is 32.3 Å². The third-order valence-electron chi connectivity index (χ3n) is 5.29. The van der Waals surface area contributed by atoms with Gasteiger partial charge < -0.3 is 9.73 Å². The minimum absolute atomic E-state index is 0.224. The fourth-order valence-electron chi connectivity index (χ4n) is 3.28. The van der Waals surface area contributed by atoms with Gasteiger partial charge in [-0.2, -0.15) is 0 Å². The Labute approximate surface area is 205 Å². The van der Waals surface area contributed by atoms with E-state index in [1.165, 1.54) is 5.56 Å². The molecule has 4 rings (SSSR count). The molecule has 0 aliphatic carbocycles. The van der Waals surface area contributed by atoms with Crippen LogP contribution in [0.2, 0.25) is 0 Å². The summed E-state index contributed by atoms with van der Waals surface area (Å²) in [6.07, 6.45) is 1.07.